The van der Waals surface area contributed by atoms with Crippen LogP contribution in [0.2, 0.25) is 0 Å². The molecular weight excluding hydrogens is 276 g/mol. The summed E-state index contributed by atoms with van der Waals surface area (Å²) in [6.45, 7) is 10.8. The number of benzene rings is 2. The summed E-state index contributed by atoms with van der Waals surface area (Å²) in [5.74, 6) is 0.648. The second-order valence-electron chi connectivity index (χ2n) is 6.77. The highest BCUT2D eigenvalue weighted by molar-refractivity contribution is 6.04. The van der Waals surface area contributed by atoms with Gasteiger partial charge in [0.1, 0.15) is 0 Å². The number of allylic oxidation sites excluding steroid dienone is 4. The summed E-state index contributed by atoms with van der Waals surface area (Å²) >= 11 is 0. The van der Waals surface area contributed by atoms with Crippen molar-refractivity contribution in [2.24, 2.45) is 5.92 Å². The van der Waals surface area contributed by atoms with Crippen LogP contribution in [0.25, 0.3) is 16.3 Å². The van der Waals surface area contributed by atoms with Gasteiger partial charge < -0.3 is 0 Å². The van der Waals surface area contributed by atoms with Crippen molar-refractivity contribution in [2.45, 2.75) is 39.0 Å². The molecule has 1 saturated carbocycles. The molecule has 2 aliphatic rings. The lowest BCUT2D eigenvalue weighted by atomic mass is 9.60. The van der Waals surface area contributed by atoms with Crippen molar-refractivity contribution in [1.82, 2.24) is 0 Å². The van der Waals surface area contributed by atoms with Crippen LogP contribution in [0.4, 0.5) is 0 Å². The largest absolute Gasteiger partial charge is 0.0991 e. The maximum atomic E-state index is 4.48. The second-order valence-corrected chi connectivity index (χ2v) is 6.77. The van der Waals surface area contributed by atoms with E-state index >= 15 is 0 Å². The van der Waals surface area contributed by atoms with E-state index in [2.05, 4.69) is 62.6 Å². The molecule has 1 fully saturated rings. The predicted octanol–water partition coefficient (Wildman–Crippen LogP) is 6.67. The maximum Gasteiger partial charge on any atom is 0.0240 e. The summed E-state index contributed by atoms with van der Waals surface area (Å²) in [6, 6.07) is 13.4. The molecule has 2 atom stereocenters. The molecule has 2 aliphatic carbocycles. The highest BCUT2D eigenvalue weighted by atomic mass is 14.5. The number of hydrogen-bond donors (Lipinski definition) is 0. The van der Waals surface area contributed by atoms with Gasteiger partial charge in [0.05, 0.1) is 0 Å². The number of fused-ring (bicyclic) bond motifs is 1. The van der Waals surface area contributed by atoms with E-state index in [-0.39, 0.29) is 12.8 Å². The van der Waals surface area contributed by atoms with Crippen LogP contribution in [0.1, 0.15) is 44.7 Å². The molecule has 0 radical (unpaired) electrons. The van der Waals surface area contributed by atoms with Gasteiger partial charge in [-0.15, -0.1) is 0 Å². The maximum absolute atomic E-state index is 4.48. The molecule has 0 nitrogen and oxygen atoms in total. The topological polar surface area (TPSA) is 0 Å². The molecule has 2 aromatic rings. The molecule has 118 valence electrons. The smallest absolute Gasteiger partial charge is 0.0240 e. The minimum atomic E-state index is 0. The Morgan fingerprint density at radius 3 is 2.57 bits per heavy atom. The van der Waals surface area contributed by atoms with Crippen molar-refractivity contribution in [1.29, 1.82) is 0 Å². The molecule has 0 amide bonds. The average molecular weight is 302 g/mol. The third-order valence-corrected chi connectivity index (χ3v) is 5.85. The Balaban J connectivity index is 0.00000156. The van der Waals surface area contributed by atoms with Crippen LogP contribution < -0.4 is 0 Å². The van der Waals surface area contributed by atoms with Gasteiger partial charge >= 0.3 is 0 Å². The van der Waals surface area contributed by atoms with E-state index in [0.717, 1.165) is 0 Å². The quantitative estimate of drug-likeness (QED) is 0.551. The molecule has 0 aromatic heterocycles. The van der Waals surface area contributed by atoms with Crippen molar-refractivity contribution in [3.63, 3.8) is 0 Å². The lowest BCUT2D eigenvalue weighted by molar-refractivity contribution is 0.407. The molecule has 0 saturated heterocycles. The van der Waals surface area contributed by atoms with Gasteiger partial charge in [0.2, 0.25) is 0 Å². The third kappa shape index (κ3) is 1.91. The minimum absolute atomic E-state index is 0. The third-order valence-electron chi connectivity index (χ3n) is 5.85. The molecule has 4 rings (SSSR count). The Bertz CT molecular complexity index is 816. The summed E-state index contributed by atoms with van der Waals surface area (Å²) in [5.41, 5.74) is 5.51. The highest BCUT2D eigenvalue weighted by Gasteiger charge is 2.48. The van der Waals surface area contributed by atoms with Gasteiger partial charge in [0.15, 0.2) is 0 Å². The van der Waals surface area contributed by atoms with Crippen LogP contribution in [0.3, 0.4) is 0 Å². The summed E-state index contributed by atoms with van der Waals surface area (Å²) in [7, 11) is 0. The van der Waals surface area contributed by atoms with Crippen LogP contribution in [-0.2, 0) is 5.41 Å². The van der Waals surface area contributed by atoms with E-state index < -0.39 is 0 Å². The van der Waals surface area contributed by atoms with Gasteiger partial charge in [-0.1, -0.05) is 82.5 Å². The Labute approximate surface area is 140 Å². The lowest BCUT2D eigenvalue weighted by Gasteiger charge is -2.43. The molecular formula is C23H26. The molecule has 0 N–H and O–H groups in total. The van der Waals surface area contributed by atoms with Crippen LogP contribution in [-0.4, -0.2) is 0 Å². The fourth-order valence-corrected chi connectivity index (χ4v) is 4.87. The minimum Gasteiger partial charge on any atom is -0.0991 e. The van der Waals surface area contributed by atoms with E-state index in [9.17, 15) is 0 Å². The van der Waals surface area contributed by atoms with Crippen molar-refractivity contribution >= 4 is 16.3 Å². The zero-order valence-corrected chi connectivity index (χ0v) is 13.2. The summed E-state index contributed by atoms with van der Waals surface area (Å²) in [4.78, 5) is 0. The van der Waals surface area contributed by atoms with Crippen LogP contribution >= 0.6 is 0 Å². The van der Waals surface area contributed by atoms with E-state index in [1.54, 1.807) is 0 Å². The fraction of sp³-hybridized carbons (Fsp3) is 0.304. The number of hydrogen-bond acceptors (Lipinski definition) is 0. The molecule has 0 bridgehead atoms. The van der Waals surface area contributed by atoms with Gasteiger partial charge in [-0.2, -0.15) is 0 Å². The normalized spacial score (nSPS) is 27.4. The molecule has 2 aromatic carbocycles. The molecule has 23 heavy (non-hydrogen) atoms. The molecule has 0 heteroatoms. The average Bonchev–Trinajstić information content (AvgIpc) is 2.91. The van der Waals surface area contributed by atoms with E-state index in [1.807, 2.05) is 6.08 Å². The predicted molar refractivity (Wildman–Crippen MR) is 103 cm³/mol. The first-order valence-corrected chi connectivity index (χ1v) is 8.25. The first-order chi connectivity index (χ1) is 10.7. The molecule has 1 spiro atoms. The zero-order chi connectivity index (χ0) is 15.3. The summed E-state index contributed by atoms with van der Waals surface area (Å²) < 4.78 is 0. The summed E-state index contributed by atoms with van der Waals surface area (Å²) in [5, 5.41) is 2.76. The fourth-order valence-electron chi connectivity index (χ4n) is 4.87. The second kappa shape index (κ2) is 5.53. The van der Waals surface area contributed by atoms with Crippen molar-refractivity contribution in [3.05, 3.63) is 78.4 Å². The molecule has 0 aliphatic heterocycles. The van der Waals surface area contributed by atoms with Crippen LogP contribution in [0.5, 0.6) is 0 Å². The van der Waals surface area contributed by atoms with Gasteiger partial charge in [0.25, 0.3) is 0 Å². The van der Waals surface area contributed by atoms with Crippen LogP contribution in [0.15, 0.2) is 67.3 Å². The monoisotopic (exact) mass is 302 g/mol. The Kier molecular flexibility index (Phi) is 3.80. The van der Waals surface area contributed by atoms with Gasteiger partial charge in [-0.25, -0.2) is 0 Å². The van der Waals surface area contributed by atoms with Crippen LogP contribution in [0, 0.1) is 5.92 Å². The lowest BCUT2D eigenvalue weighted by Crippen LogP contribution is -2.34. The van der Waals surface area contributed by atoms with Gasteiger partial charge in [-0.05, 0) is 51.8 Å². The Hall–Kier alpha value is -2.08. The first-order valence-electron chi connectivity index (χ1n) is 8.25. The van der Waals surface area contributed by atoms with Crippen molar-refractivity contribution in [2.75, 3.05) is 0 Å². The first kappa shape index (κ1) is 15.8. The van der Waals surface area contributed by atoms with E-state index in [4.69, 9.17) is 0 Å². The van der Waals surface area contributed by atoms with Crippen molar-refractivity contribution < 1.29 is 0 Å². The standard InChI is InChI=1S/C22H22.CH4/c1-4-8-19-16(3)18-12-5-10-17-11-6-13-20(21(17)18)22(19)14-7-9-15(22)2;/h4-6,8,10-13,15H,1,3,7,9,14H2,2H3;1H4/b19-8+;. The molecule has 2 unspecified atom stereocenters. The number of rotatable bonds is 1. The summed E-state index contributed by atoms with van der Waals surface area (Å²) in [6.07, 6.45) is 7.95. The van der Waals surface area contributed by atoms with Crippen molar-refractivity contribution in [3.8, 4) is 0 Å². The highest BCUT2D eigenvalue weighted by Crippen LogP contribution is 2.58. The van der Waals surface area contributed by atoms with E-state index in [0.29, 0.717) is 5.92 Å². The Morgan fingerprint density at radius 1 is 1.17 bits per heavy atom. The van der Waals surface area contributed by atoms with E-state index in [1.165, 1.54) is 52.3 Å². The SMILES string of the molecule is C.C=C/C=C1\C(=C)c2cccc3cccc(c23)C12CCCC2C. The Morgan fingerprint density at radius 2 is 1.91 bits per heavy atom. The van der Waals surface area contributed by atoms with Gasteiger partial charge in [-0.3, -0.25) is 0 Å². The molecule has 0 heterocycles. The zero-order valence-electron chi connectivity index (χ0n) is 13.2. The van der Waals surface area contributed by atoms with Gasteiger partial charge in [0, 0.05) is 5.41 Å².